The maximum Gasteiger partial charge on any atom is 0.417 e. The first kappa shape index (κ1) is 24.0. The van der Waals surface area contributed by atoms with E-state index in [0.29, 0.717) is 32.7 Å². The minimum Gasteiger partial charge on any atom is -0.465 e. The summed E-state index contributed by atoms with van der Waals surface area (Å²) in [4.78, 5) is 32.4. The van der Waals surface area contributed by atoms with Crippen LogP contribution in [0.5, 0.6) is 0 Å². The average molecular weight is 493 g/mol. The summed E-state index contributed by atoms with van der Waals surface area (Å²) in [6.45, 7) is 2.44. The average Bonchev–Trinajstić information content (AvgIpc) is 3.26. The quantitative estimate of drug-likeness (QED) is 0.531. The molecule has 34 heavy (non-hydrogen) atoms. The first-order chi connectivity index (χ1) is 16.3. The van der Waals surface area contributed by atoms with Crippen molar-refractivity contribution in [3.05, 3.63) is 58.5 Å². The van der Waals surface area contributed by atoms with E-state index < -0.39 is 17.7 Å². The first-order valence-electron chi connectivity index (χ1n) is 10.6. The van der Waals surface area contributed by atoms with Crippen molar-refractivity contribution in [1.82, 2.24) is 15.2 Å². The molecule has 7 nitrogen and oxygen atoms in total. The summed E-state index contributed by atoms with van der Waals surface area (Å²) >= 11 is 0.822. The first-order valence-corrected chi connectivity index (χ1v) is 11.5. The molecular formula is C23H23F3N4O3S. The number of aromatic nitrogens is 1. The van der Waals surface area contributed by atoms with Crippen molar-refractivity contribution in [3.63, 3.8) is 0 Å². The largest absolute Gasteiger partial charge is 0.465 e. The Kier molecular flexibility index (Phi) is 7.03. The number of anilines is 1. The molecule has 1 fully saturated rings. The van der Waals surface area contributed by atoms with E-state index in [9.17, 15) is 22.8 Å². The van der Waals surface area contributed by atoms with E-state index >= 15 is 0 Å². The zero-order valence-electron chi connectivity index (χ0n) is 18.4. The summed E-state index contributed by atoms with van der Waals surface area (Å²) in [5, 5.41) is 4.22. The maximum absolute atomic E-state index is 13.7. The van der Waals surface area contributed by atoms with Crippen LogP contribution in [0.4, 0.5) is 19.0 Å². The molecule has 0 saturated carbocycles. The maximum atomic E-state index is 13.7. The van der Waals surface area contributed by atoms with Crippen LogP contribution in [-0.2, 0) is 22.3 Å². The number of ether oxygens (including phenoxy) is 1. The van der Waals surface area contributed by atoms with Crippen molar-refractivity contribution < 1.29 is 27.5 Å². The summed E-state index contributed by atoms with van der Waals surface area (Å²) in [5.41, 5.74) is 0.186. The van der Waals surface area contributed by atoms with E-state index in [1.165, 1.54) is 12.5 Å². The molecule has 0 spiro atoms. The van der Waals surface area contributed by atoms with E-state index in [-0.39, 0.29) is 34.0 Å². The molecule has 0 atom stereocenters. The number of rotatable bonds is 6. The van der Waals surface area contributed by atoms with Gasteiger partial charge < -0.3 is 15.0 Å². The number of halogens is 3. The molecule has 3 aromatic rings. The van der Waals surface area contributed by atoms with Gasteiger partial charge in [0, 0.05) is 38.1 Å². The molecule has 0 bridgehead atoms. The third-order valence-electron chi connectivity index (χ3n) is 5.62. The highest BCUT2D eigenvalue weighted by Gasteiger charge is 2.36. The van der Waals surface area contributed by atoms with E-state index in [1.807, 2.05) is 35.2 Å². The van der Waals surface area contributed by atoms with E-state index in [1.54, 1.807) is 4.90 Å². The van der Waals surface area contributed by atoms with Crippen LogP contribution in [0.2, 0.25) is 0 Å². The highest BCUT2D eigenvalue weighted by Crippen LogP contribution is 2.40. The Morgan fingerprint density at radius 2 is 1.85 bits per heavy atom. The Morgan fingerprint density at radius 3 is 2.50 bits per heavy atom. The molecule has 1 saturated heterocycles. The van der Waals surface area contributed by atoms with Gasteiger partial charge in [0.1, 0.15) is 5.82 Å². The molecule has 2 aromatic heterocycles. The second-order valence-corrected chi connectivity index (χ2v) is 8.75. The van der Waals surface area contributed by atoms with Crippen LogP contribution in [0.25, 0.3) is 10.2 Å². The van der Waals surface area contributed by atoms with Gasteiger partial charge in [-0.15, -0.1) is 11.3 Å². The number of carbonyl (C=O) groups is 2. The topological polar surface area (TPSA) is 74.8 Å². The fraction of sp³-hybridized carbons (Fsp3) is 0.348. The lowest BCUT2D eigenvalue weighted by Gasteiger charge is -2.35. The van der Waals surface area contributed by atoms with Crippen molar-refractivity contribution in [2.45, 2.75) is 12.7 Å². The van der Waals surface area contributed by atoms with E-state index in [4.69, 9.17) is 4.74 Å². The van der Waals surface area contributed by atoms with Crippen molar-refractivity contribution in [1.29, 1.82) is 0 Å². The number of hydrogen-bond acceptors (Lipinski definition) is 7. The van der Waals surface area contributed by atoms with Crippen LogP contribution in [0.3, 0.4) is 0 Å². The number of esters is 1. The molecule has 3 heterocycles. The van der Waals surface area contributed by atoms with Gasteiger partial charge >= 0.3 is 12.1 Å². The van der Waals surface area contributed by atoms with Gasteiger partial charge in [-0.2, -0.15) is 13.2 Å². The van der Waals surface area contributed by atoms with E-state index in [2.05, 4.69) is 10.3 Å². The van der Waals surface area contributed by atoms with Gasteiger partial charge in [-0.25, -0.2) is 9.78 Å². The van der Waals surface area contributed by atoms with Gasteiger partial charge in [0.15, 0.2) is 0 Å². The number of carbonyl (C=O) groups excluding carboxylic acids is 2. The number of nitrogens with one attached hydrogen (secondary N) is 1. The third kappa shape index (κ3) is 5.31. The van der Waals surface area contributed by atoms with Gasteiger partial charge in [-0.1, -0.05) is 30.3 Å². The molecule has 180 valence electrons. The van der Waals surface area contributed by atoms with Crippen LogP contribution in [0, 0.1) is 0 Å². The summed E-state index contributed by atoms with van der Waals surface area (Å²) in [7, 11) is 1.18. The molecule has 0 aliphatic carbocycles. The number of benzene rings is 1. The molecule has 1 aromatic carbocycles. The Hall–Kier alpha value is -3.18. The monoisotopic (exact) mass is 492 g/mol. The SMILES string of the molecule is COC(=O)c1csc2c(C(F)(F)F)cc(N3CCN(CC(=O)NCc4ccccc4)CC3)nc12. The second kappa shape index (κ2) is 9.98. The molecule has 1 amide bonds. The highest BCUT2D eigenvalue weighted by molar-refractivity contribution is 7.17. The predicted octanol–water partition coefficient (Wildman–Crippen LogP) is 3.54. The van der Waals surface area contributed by atoms with Crippen molar-refractivity contribution in [2.24, 2.45) is 0 Å². The predicted molar refractivity (Wildman–Crippen MR) is 123 cm³/mol. The van der Waals surface area contributed by atoms with Crippen molar-refractivity contribution in [2.75, 3.05) is 44.7 Å². The third-order valence-corrected chi connectivity index (χ3v) is 6.62. The Bertz CT molecular complexity index is 1180. The second-order valence-electron chi connectivity index (χ2n) is 7.87. The number of piperazine rings is 1. The highest BCUT2D eigenvalue weighted by atomic mass is 32.1. The number of methoxy groups -OCH3 is 1. The number of thiophene rings is 1. The summed E-state index contributed by atoms with van der Waals surface area (Å²) < 4.78 is 45.9. The molecule has 11 heteroatoms. The number of alkyl halides is 3. The number of amides is 1. The van der Waals surface area contributed by atoms with Crippen LogP contribution in [0.1, 0.15) is 21.5 Å². The van der Waals surface area contributed by atoms with Gasteiger partial charge in [0.05, 0.1) is 35.0 Å². The lowest BCUT2D eigenvalue weighted by atomic mass is 10.1. The fourth-order valence-corrected chi connectivity index (χ4v) is 4.83. The van der Waals surface area contributed by atoms with Gasteiger partial charge in [0.2, 0.25) is 5.91 Å². The number of pyridine rings is 1. The Balaban J connectivity index is 1.44. The van der Waals surface area contributed by atoms with Gasteiger partial charge in [-0.3, -0.25) is 9.69 Å². The van der Waals surface area contributed by atoms with Crippen molar-refractivity contribution >= 4 is 39.2 Å². The van der Waals surface area contributed by atoms with Crippen LogP contribution in [-0.4, -0.2) is 61.6 Å². The number of hydrogen-bond donors (Lipinski definition) is 1. The summed E-state index contributed by atoms with van der Waals surface area (Å²) in [6.07, 6.45) is -4.59. The summed E-state index contributed by atoms with van der Waals surface area (Å²) in [5.74, 6) is -0.691. The standard InChI is InChI=1S/C23H23F3N4O3S/c1-33-22(32)16-14-34-21-17(23(24,25)26)11-18(28-20(16)21)30-9-7-29(8-10-30)13-19(31)27-12-15-5-3-2-4-6-15/h2-6,11,14H,7-10,12-13H2,1H3,(H,27,31). The minimum absolute atomic E-state index is 0.00982. The molecule has 0 radical (unpaired) electrons. The van der Waals surface area contributed by atoms with Crippen LogP contribution >= 0.6 is 11.3 Å². The number of nitrogens with zero attached hydrogens (tertiary/aromatic N) is 3. The zero-order chi connectivity index (χ0) is 24.3. The molecule has 4 rings (SSSR count). The Morgan fingerprint density at radius 1 is 1.15 bits per heavy atom. The van der Waals surface area contributed by atoms with Crippen molar-refractivity contribution in [3.8, 4) is 0 Å². The lowest BCUT2D eigenvalue weighted by Crippen LogP contribution is -2.49. The normalized spacial score (nSPS) is 14.9. The lowest BCUT2D eigenvalue weighted by molar-refractivity contribution is -0.136. The van der Waals surface area contributed by atoms with E-state index in [0.717, 1.165) is 23.0 Å². The van der Waals surface area contributed by atoms with Gasteiger partial charge in [-0.05, 0) is 11.6 Å². The van der Waals surface area contributed by atoms with Crippen LogP contribution < -0.4 is 10.2 Å². The molecule has 1 N–H and O–H groups in total. The fourth-order valence-electron chi connectivity index (χ4n) is 3.81. The number of fused-ring (bicyclic) bond motifs is 1. The minimum atomic E-state index is -4.59. The van der Waals surface area contributed by atoms with Crippen LogP contribution in [0.15, 0.2) is 41.8 Å². The molecule has 1 aliphatic rings. The molecule has 0 unspecified atom stereocenters. The summed E-state index contributed by atoms with van der Waals surface area (Å²) in [6, 6.07) is 10.6. The Labute approximate surface area is 198 Å². The smallest absolute Gasteiger partial charge is 0.417 e. The van der Waals surface area contributed by atoms with Gasteiger partial charge in [0.25, 0.3) is 0 Å². The zero-order valence-corrected chi connectivity index (χ0v) is 19.2. The molecular weight excluding hydrogens is 469 g/mol. The molecule has 1 aliphatic heterocycles.